The first kappa shape index (κ1) is 14.4. The molecule has 1 atom stereocenters. The summed E-state index contributed by atoms with van der Waals surface area (Å²) in [7, 11) is 1.30. The van der Waals surface area contributed by atoms with Gasteiger partial charge in [-0.25, -0.2) is 0 Å². The number of rotatable bonds is 2. The van der Waals surface area contributed by atoms with Crippen LogP contribution in [0.5, 0.6) is 0 Å². The van der Waals surface area contributed by atoms with Gasteiger partial charge in [-0.2, -0.15) is 0 Å². The molecule has 0 amide bonds. The summed E-state index contributed by atoms with van der Waals surface area (Å²) in [6.45, 7) is 6.90. The molecule has 2 rings (SSSR count). The number of hydrogen-bond acceptors (Lipinski definition) is 1. The number of benzene rings is 1. The summed E-state index contributed by atoms with van der Waals surface area (Å²) < 4.78 is 9.91. The minimum absolute atomic E-state index is 0.224. The van der Waals surface area contributed by atoms with E-state index in [2.05, 4.69) is 69.7 Å². The van der Waals surface area contributed by atoms with Crippen molar-refractivity contribution in [2.75, 3.05) is 0 Å². The van der Waals surface area contributed by atoms with Gasteiger partial charge in [-0.1, -0.05) is 0 Å². The fourth-order valence-electron chi connectivity index (χ4n) is 3.55. The average Bonchev–Trinajstić information content (AvgIpc) is 2.56. The first-order chi connectivity index (χ1) is 8.07. The van der Waals surface area contributed by atoms with Crippen LogP contribution in [0.4, 0.5) is 0 Å². The fourth-order valence-corrected chi connectivity index (χ4v) is 23.2. The van der Waals surface area contributed by atoms with Crippen molar-refractivity contribution in [3.63, 3.8) is 0 Å². The molecule has 1 aliphatic rings. The van der Waals surface area contributed by atoms with Crippen LogP contribution in [0.3, 0.4) is 0 Å². The molecule has 0 saturated carbocycles. The van der Waals surface area contributed by atoms with Crippen LogP contribution in [0.25, 0.3) is 6.08 Å². The third-order valence-electron chi connectivity index (χ3n) is 3.71. The zero-order valence-corrected chi connectivity index (χ0v) is 17.0. The zero-order valence-electron chi connectivity index (χ0n) is 12.5. The van der Waals surface area contributed by atoms with Gasteiger partial charge < -0.3 is 0 Å². The summed E-state index contributed by atoms with van der Waals surface area (Å²) in [6.07, 6.45) is 4.78. The van der Waals surface area contributed by atoms with Gasteiger partial charge in [0.05, 0.1) is 0 Å². The molecule has 1 nitrogen and oxygen atoms in total. The summed E-state index contributed by atoms with van der Waals surface area (Å²) in [5.74, 6) is 0. The van der Waals surface area contributed by atoms with Crippen molar-refractivity contribution in [2.24, 2.45) is 0 Å². The molecule has 0 saturated heterocycles. The van der Waals surface area contributed by atoms with Gasteiger partial charge in [0, 0.05) is 0 Å². The molecule has 0 aliphatic heterocycles. The number of allylic oxidation sites excluding steroid dienone is 1. The SMILES string of the molecule is CC(C)(C)[NH][Zr]([CH3])([CH3])([SiH3])[CH]1C=Cc2ccccc21. The maximum atomic E-state index is 4.07. The van der Waals surface area contributed by atoms with Crippen molar-refractivity contribution < 1.29 is 18.2 Å². The topological polar surface area (TPSA) is 12.0 Å². The summed E-state index contributed by atoms with van der Waals surface area (Å²) in [5, 5.41) is 0. The molecule has 1 unspecified atom stereocenters. The molecular weight excluding hydrogens is 313 g/mol. The Morgan fingerprint density at radius 2 is 1.78 bits per heavy atom. The third-order valence-corrected chi connectivity index (χ3v) is 19.5. The second kappa shape index (κ2) is 4.26. The van der Waals surface area contributed by atoms with Crippen LogP contribution in [0.2, 0.25) is 9.26 Å². The van der Waals surface area contributed by atoms with Gasteiger partial charge in [-0.15, -0.1) is 0 Å². The van der Waals surface area contributed by atoms with Gasteiger partial charge >= 0.3 is 116 Å². The van der Waals surface area contributed by atoms with Crippen molar-refractivity contribution >= 4 is 13.4 Å². The Balaban J connectivity index is 2.41. The Morgan fingerprint density at radius 1 is 1.17 bits per heavy atom. The quantitative estimate of drug-likeness (QED) is 0.816. The molecule has 1 aromatic carbocycles. The van der Waals surface area contributed by atoms with E-state index in [0.717, 1.165) is 0 Å². The van der Waals surface area contributed by atoms with E-state index in [0.29, 0.717) is 3.63 Å². The molecule has 0 radical (unpaired) electrons. The second-order valence-electron chi connectivity index (χ2n) is 8.10. The molecule has 99 valence electrons. The molecule has 1 aromatic rings. The average molecular weight is 340 g/mol. The molecule has 0 heterocycles. The van der Waals surface area contributed by atoms with Gasteiger partial charge in [0.25, 0.3) is 0 Å². The zero-order chi connectivity index (χ0) is 13.6. The summed E-state index contributed by atoms with van der Waals surface area (Å²) in [4.78, 5) is 0. The Bertz CT molecular complexity index is 491. The van der Waals surface area contributed by atoms with E-state index < -0.39 is 18.2 Å². The molecule has 0 aromatic heterocycles. The van der Waals surface area contributed by atoms with Gasteiger partial charge in [0.2, 0.25) is 0 Å². The molecule has 18 heavy (non-hydrogen) atoms. The third kappa shape index (κ3) is 2.95. The standard InChI is InChI=1S/C9H7.C4H10N.2CH3.H3Si.Zr/c1-2-5-9-7-3-6-8(9)4-1;1-4(2,3)5;;;;/h1-7H;5H,1-3H3;3*1H3;/q;-1;;;;+1. The van der Waals surface area contributed by atoms with Gasteiger partial charge in [0.1, 0.15) is 0 Å². The summed E-state index contributed by atoms with van der Waals surface area (Å²) >= 11 is -2.80. The van der Waals surface area contributed by atoms with E-state index in [1.165, 1.54) is 12.9 Å². The Hall–Kier alpha value is 0.0200. The summed E-state index contributed by atoms with van der Waals surface area (Å²) in [6, 6.07) is 8.89. The minimum atomic E-state index is -2.80. The van der Waals surface area contributed by atoms with Crippen molar-refractivity contribution in [2.45, 2.75) is 39.2 Å². The maximum absolute atomic E-state index is 4.07. The second-order valence-corrected chi connectivity index (χ2v) is 44.5. The van der Waals surface area contributed by atoms with E-state index in [1.807, 2.05) is 0 Å². The van der Waals surface area contributed by atoms with Crippen LogP contribution in [0, 0.1) is 0 Å². The van der Waals surface area contributed by atoms with E-state index >= 15 is 0 Å². The number of nitrogens with one attached hydrogen (secondary N) is 1. The van der Waals surface area contributed by atoms with Crippen LogP contribution in [0.15, 0.2) is 30.3 Å². The first-order valence-corrected chi connectivity index (χ1v) is 22.8. The van der Waals surface area contributed by atoms with E-state index in [9.17, 15) is 0 Å². The van der Waals surface area contributed by atoms with Gasteiger partial charge in [-0.3, -0.25) is 0 Å². The molecule has 3 heteroatoms. The Morgan fingerprint density at radius 3 is 2.39 bits per heavy atom. The van der Waals surface area contributed by atoms with Crippen molar-refractivity contribution in [3.05, 3.63) is 41.5 Å². The van der Waals surface area contributed by atoms with E-state index in [4.69, 9.17) is 0 Å². The first-order valence-electron chi connectivity index (χ1n) is 6.86. The normalized spacial score (nSPS) is 21.6. The predicted octanol–water partition coefficient (Wildman–Crippen LogP) is 3.12. The predicted molar refractivity (Wildman–Crippen MR) is 82.8 cm³/mol. The summed E-state index contributed by atoms with van der Waals surface area (Å²) in [5.41, 5.74) is 3.21. The molecule has 0 fully saturated rings. The van der Waals surface area contributed by atoms with Crippen LogP contribution in [-0.4, -0.2) is 12.9 Å². The van der Waals surface area contributed by atoms with Crippen LogP contribution in [0.1, 0.15) is 35.5 Å². The Kier molecular flexibility index (Phi) is 3.42. The Labute approximate surface area is 115 Å². The monoisotopic (exact) mass is 338 g/mol. The van der Waals surface area contributed by atoms with Crippen LogP contribution >= 0.6 is 0 Å². The van der Waals surface area contributed by atoms with E-state index in [1.54, 1.807) is 5.56 Å². The molecule has 1 N–H and O–H groups in total. The van der Waals surface area contributed by atoms with Crippen molar-refractivity contribution in [1.82, 2.24) is 3.26 Å². The van der Waals surface area contributed by atoms with Crippen LogP contribution < -0.4 is 3.26 Å². The van der Waals surface area contributed by atoms with Gasteiger partial charge in [-0.05, 0) is 0 Å². The molecule has 0 spiro atoms. The molecular formula is C15H26NSiZr. The van der Waals surface area contributed by atoms with Crippen LogP contribution in [-0.2, 0) is 18.2 Å². The van der Waals surface area contributed by atoms with Gasteiger partial charge in [0.15, 0.2) is 0 Å². The van der Waals surface area contributed by atoms with Crippen molar-refractivity contribution in [1.29, 1.82) is 0 Å². The van der Waals surface area contributed by atoms with Crippen molar-refractivity contribution in [3.8, 4) is 0 Å². The molecule has 1 aliphatic carbocycles. The molecule has 0 bridgehead atoms. The van der Waals surface area contributed by atoms with E-state index in [-0.39, 0.29) is 5.54 Å². The fraction of sp³-hybridized carbons (Fsp3) is 0.467. The number of hydrogen-bond donors (Lipinski definition) is 1. The number of fused-ring (bicyclic) bond motifs is 1.